The summed E-state index contributed by atoms with van der Waals surface area (Å²) in [5, 5.41) is 16.3. The molecule has 0 bridgehead atoms. The van der Waals surface area contributed by atoms with Gasteiger partial charge in [0.05, 0.1) is 12.3 Å². The molecule has 0 unspecified atom stereocenters. The Morgan fingerprint density at radius 3 is 2.67 bits per heavy atom. The molecule has 3 rings (SSSR count). The first kappa shape index (κ1) is 19.0. The van der Waals surface area contributed by atoms with Gasteiger partial charge in [-0.1, -0.05) is 48.5 Å². The molecule has 0 spiro atoms. The Labute approximate surface area is 159 Å². The van der Waals surface area contributed by atoms with E-state index in [9.17, 15) is 4.79 Å². The number of benzene rings is 2. The zero-order valence-electron chi connectivity index (χ0n) is 15.8. The van der Waals surface area contributed by atoms with Gasteiger partial charge < -0.3 is 10.4 Å². The fraction of sp³-hybridized carbons (Fsp3) is 0.273. The lowest BCUT2D eigenvalue weighted by atomic mass is 9.94. The minimum atomic E-state index is 0.00678. The molecule has 1 aromatic heterocycles. The van der Waals surface area contributed by atoms with Crippen LogP contribution in [0.3, 0.4) is 0 Å². The molecule has 0 aliphatic rings. The summed E-state index contributed by atoms with van der Waals surface area (Å²) < 4.78 is 1.71. The van der Waals surface area contributed by atoms with Crippen molar-refractivity contribution in [2.75, 3.05) is 13.2 Å². The Bertz CT molecular complexity index is 917. The number of rotatable bonds is 8. The molecule has 0 aliphatic carbocycles. The Hall–Kier alpha value is -2.76. The minimum absolute atomic E-state index is 0.00678. The van der Waals surface area contributed by atoms with E-state index >= 15 is 0 Å². The van der Waals surface area contributed by atoms with Gasteiger partial charge in [0, 0.05) is 26.6 Å². The molecule has 27 heavy (non-hydrogen) atoms. The summed E-state index contributed by atoms with van der Waals surface area (Å²) in [6.45, 7) is 3.23. The number of ketones is 1. The van der Waals surface area contributed by atoms with Crippen LogP contribution in [-0.2, 0) is 20.0 Å². The van der Waals surface area contributed by atoms with Crippen molar-refractivity contribution in [3.8, 4) is 11.1 Å². The van der Waals surface area contributed by atoms with Crippen LogP contribution in [0.5, 0.6) is 0 Å². The van der Waals surface area contributed by atoms with Gasteiger partial charge in [-0.2, -0.15) is 5.10 Å². The summed E-state index contributed by atoms with van der Waals surface area (Å²) in [7, 11) is 1.83. The Morgan fingerprint density at radius 2 is 1.93 bits per heavy atom. The maximum absolute atomic E-state index is 12.8. The van der Waals surface area contributed by atoms with Crippen LogP contribution in [0.15, 0.2) is 54.6 Å². The third-order valence-electron chi connectivity index (χ3n) is 4.74. The fourth-order valence-corrected chi connectivity index (χ4v) is 3.17. The standard InChI is InChI=1S/C22H25N3O2/c1-16-18(9-6-10-20(16)17-7-4-3-5-8-17)13-22(27)21-14-19(25(2)24-21)15-23-11-12-26/h3-10,14,23,26H,11-13,15H2,1-2H3. The van der Waals surface area contributed by atoms with Crippen LogP contribution in [0, 0.1) is 6.92 Å². The first-order chi connectivity index (χ1) is 13.1. The smallest absolute Gasteiger partial charge is 0.187 e. The van der Waals surface area contributed by atoms with Gasteiger partial charge in [0.25, 0.3) is 0 Å². The molecule has 5 nitrogen and oxygen atoms in total. The van der Waals surface area contributed by atoms with Crippen LogP contribution < -0.4 is 5.32 Å². The van der Waals surface area contributed by atoms with Crippen LogP contribution in [0.4, 0.5) is 0 Å². The first-order valence-electron chi connectivity index (χ1n) is 9.11. The summed E-state index contributed by atoms with van der Waals surface area (Å²) >= 11 is 0. The van der Waals surface area contributed by atoms with E-state index in [0.717, 1.165) is 27.9 Å². The van der Waals surface area contributed by atoms with Crippen LogP contribution in [0.2, 0.25) is 0 Å². The summed E-state index contributed by atoms with van der Waals surface area (Å²) in [6.07, 6.45) is 0.326. The lowest BCUT2D eigenvalue weighted by Crippen LogP contribution is -2.19. The molecule has 3 aromatic rings. The van der Waals surface area contributed by atoms with Gasteiger partial charge in [-0.05, 0) is 35.2 Å². The van der Waals surface area contributed by atoms with Crippen molar-refractivity contribution in [3.05, 3.63) is 77.1 Å². The third kappa shape index (κ3) is 4.51. The van der Waals surface area contributed by atoms with Crippen molar-refractivity contribution in [2.24, 2.45) is 7.05 Å². The second-order valence-corrected chi connectivity index (χ2v) is 6.60. The lowest BCUT2D eigenvalue weighted by Gasteiger charge is -2.11. The average molecular weight is 363 g/mol. The molecule has 5 heteroatoms. The number of carbonyl (C=O) groups excluding carboxylic acids is 1. The zero-order valence-corrected chi connectivity index (χ0v) is 15.8. The Balaban J connectivity index is 1.78. The highest BCUT2D eigenvalue weighted by atomic mass is 16.3. The molecular formula is C22H25N3O2. The topological polar surface area (TPSA) is 67.2 Å². The van der Waals surface area contributed by atoms with E-state index in [4.69, 9.17) is 5.11 Å². The van der Waals surface area contributed by atoms with Crippen molar-refractivity contribution in [1.29, 1.82) is 0 Å². The number of Topliss-reactive ketones (excluding diaryl/α,β-unsaturated/α-hetero) is 1. The number of aliphatic hydroxyl groups is 1. The molecule has 0 saturated carbocycles. The second kappa shape index (κ2) is 8.75. The largest absolute Gasteiger partial charge is 0.395 e. The summed E-state index contributed by atoms with van der Waals surface area (Å²) in [5.41, 5.74) is 5.84. The van der Waals surface area contributed by atoms with Gasteiger partial charge in [0.2, 0.25) is 0 Å². The van der Waals surface area contributed by atoms with Crippen molar-refractivity contribution in [2.45, 2.75) is 19.9 Å². The van der Waals surface area contributed by atoms with E-state index in [-0.39, 0.29) is 12.4 Å². The third-order valence-corrected chi connectivity index (χ3v) is 4.74. The highest BCUT2D eigenvalue weighted by molar-refractivity contribution is 5.96. The van der Waals surface area contributed by atoms with Crippen molar-refractivity contribution in [3.63, 3.8) is 0 Å². The number of hydrogen-bond acceptors (Lipinski definition) is 4. The SMILES string of the molecule is Cc1c(CC(=O)c2cc(CNCCO)n(C)n2)cccc1-c1ccccc1. The second-order valence-electron chi connectivity index (χ2n) is 6.60. The van der Waals surface area contributed by atoms with Gasteiger partial charge in [0.15, 0.2) is 5.78 Å². The molecule has 1 heterocycles. The monoisotopic (exact) mass is 363 g/mol. The van der Waals surface area contributed by atoms with Crippen LogP contribution in [0.1, 0.15) is 27.3 Å². The highest BCUT2D eigenvalue weighted by Crippen LogP contribution is 2.26. The summed E-state index contributed by atoms with van der Waals surface area (Å²) in [5.74, 6) is 0.00678. The van der Waals surface area contributed by atoms with Crippen LogP contribution in [-0.4, -0.2) is 33.8 Å². The molecule has 0 aliphatic heterocycles. The number of aryl methyl sites for hydroxylation is 1. The van der Waals surface area contributed by atoms with Crippen molar-refractivity contribution >= 4 is 5.78 Å². The number of aromatic nitrogens is 2. The van der Waals surface area contributed by atoms with E-state index in [1.54, 1.807) is 4.68 Å². The van der Waals surface area contributed by atoms with Crippen LogP contribution >= 0.6 is 0 Å². The average Bonchev–Trinajstić information content (AvgIpc) is 3.05. The number of nitrogens with zero attached hydrogens (tertiary/aromatic N) is 2. The van der Waals surface area contributed by atoms with Crippen molar-refractivity contribution < 1.29 is 9.90 Å². The van der Waals surface area contributed by atoms with E-state index in [2.05, 4.69) is 35.5 Å². The van der Waals surface area contributed by atoms with Gasteiger partial charge in [-0.25, -0.2) is 0 Å². The molecule has 2 N–H and O–H groups in total. The molecule has 0 amide bonds. The lowest BCUT2D eigenvalue weighted by molar-refractivity contribution is 0.0987. The molecule has 140 valence electrons. The molecule has 0 radical (unpaired) electrons. The predicted octanol–water partition coefficient (Wildman–Crippen LogP) is 2.90. The summed E-state index contributed by atoms with van der Waals surface area (Å²) in [6, 6.07) is 18.1. The highest BCUT2D eigenvalue weighted by Gasteiger charge is 2.15. The van der Waals surface area contributed by atoms with E-state index in [0.29, 0.717) is 25.2 Å². The number of nitrogens with one attached hydrogen (secondary N) is 1. The fourth-order valence-electron chi connectivity index (χ4n) is 3.17. The zero-order chi connectivity index (χ0) is 19.2. The number of hydrogen-bond donors (Lipinski definition) is 2. The molecule has 2 aromatic carbocycles. The molecule has 0 atom stereocenters. The Kier molecular flexibility index (Phi) is 6.16. The van der Waals surface area contributed by atoms with Gasteiger partial charge in [-0.15, -0.1) is 0 Å². The molecular weight excluding hydrogens is 338 g/mol. The quantitative estimate of drug-likeness (QED) is 0.477. The minimum Gasteiger partial charge on any atom is -0.395 e. The first-order valence-corrected chi connectivity index (χ1v) is 9.11. The van der Waals surface area contributed by atoms with Crippen LogP contribution in [0.25, 0.3) is 11.1 Å². The molecule has 0 saturated heterocycles. The van der Waals surface area contributed by atoms with E-state index in [1.165, 1.54) is 0 Å². The maximum atomic E-state index is 12.8. The van der Waals surface area contributed by atoms with E-state index < -0.39 is 0 Å². The van der Waals surface area contributed by atoms with Gasteiger partial charge >= 0.3 is 0 Å². The number of aliphatic hydroxyl groups excluding tert-OH is 1. The van der Waals surface area contributed by atoms with Gasteiger partial charge in [0.1, 0.15) is 5.69 Å². The van der Waals surface area contributed by atoms with E-state index in [1.807, 2.05) is 43.4 Å². The normalized spacial score (nSPS) is 10.9. The maximum Gasteiger partial charge on any atom is 0.187 e. The summed E-state index contributed by atoms with van der Waals surface area (Å²) in [4.78, 5) is 12.8. The Morgan fingerprint density at radius 1 is 1.15 bits per heavy atom. The van der Waals surface area contributed by atoms with Gasteiger partial charge in [-0.3, -0.25) is 9.48 Å². The molecule has 0 fully saturated rings. The van der Waals surface area contributed by atoms with Crippen molar-refractivity contribution in [1.82, 2.24) is 15.1 Å². The predicted molar refractivity (Wildman–Crippen MR) is 107 cm³/mol. The number of carbonyl (C=O) groups is 1.